The summed E-state index contributed by atoms with van der Waals surface area (Å²) in [6.45, 7) is 13.0. The highest BCUT2D eigenvalue weighted by atomic mass is 32.2. The molecule has 6 heteroatoms. The SMILES string of the molecule is CC(C)(C)O.CO.CSN1Cc2ccc(OCc3ccc(/C=C/c4ccccc4)cc3)cc2-c2c(C)c(-c3ccc(C)cc3)c(CC=O)c(C)c21. The summed E-state index contributed by atoms with van der Waals surface area (Å²) < 4.78 is 8.74. The van der Waals surface area contributed by atoms with Crippen molar-refractivity contribution in [3.8, 4) is 28.0 Å². The average molecular weight is 702 g/mol. The number of nitrogens with zero attached hydrogens (tertiary/aromatic N) is 1. The van der Waals surface area contributed by atoms with Crippen molar-refractivity contribution in [3.05, 3.63) is 142 Å². The Kier molecular flexibility index (Phi) is 13.9. The number of hydrogen-bond acceptors (Lipinski definition) is 6. The molecule has 1 heterocycles. The molecule has 6 rings (SSSR count). The van der Waals surface area contributed by atoms with Crippen LogP contribution in [0.15, 0.2) is 97.1 Å². The fourth-order valence-corrected chi connectivity index (χ4v) is 6.87. The van der Waals surface area contributed by atoms with Crippen LogP contribution in [-0.4, -0.2) is 35.5 Å². The largest absolute Gasteiger partial charge is 0.489 e. The van der Waals surface area contributed by atoms with Crippen molar-refractivity contribution in [1.82, 2.24) is 0 Å². The summed E-state index contributed by atoms with van der Waals surface area (Å²) in [5.41, 5.74) is 14.9. The van der Waals surface area contributed by atoms with Gasteiger partial charge in [-0.15, -0.1) is 0 Å². The number of aryl methyl sites for hydroxylation is 1. The van der Waals surface area contributed by atoms with Crippen LogP contribution in [0.3, 0.4) is 0 Å². The van der Waals surface area contributed by atoms with Crippen LogP contribution in [0.2, 0.25) is 0 Å². The van der Waals surface area contributed by atoms with E-state index in [1.54, 1.807) is 32.7 Å². The maximum atomic E-state index is 11.9. The van der Waals surface area contributed by atoms with Crippen LogP contribution in [-0.2, 0) is 24.4 Å². The van der Waals surface area contributed by atoms with E-state index in [2.05, 4.69) is 134 Å². The third kappa shape index (κ3) is 10.2. The van der Waals surface area contributed by atoms with Gasteiger partial charge < -0.3 is 24.0 Å². The quantitative estimate of drug-likeness (QED) is 0.0906. The summed E-state index contributed by atoms with van der Waals surface area (Å²) in [5.74, 6) is 0.853. The second-order valence-electron chi connectivity index (χ2n) is 13.5. The fraction of sp³-hybridized carbons (Fsp3) is 0.267. The molecule has 51 heavy (non-hydrogen) atoms. The molecule has 0 aromatic heterocycles. The number of fused-ring (bicyclic) bond motifs is 3. The topological polar surface area (TPSA) is 70.0 Å². The van der Waals surface area contributed by atoms with Gasteiger partial charge in [0.1, 0.15) is 18.6 Å². The molecular formula is C45H51NO4S. The third-order valence-corrected chi connectivity index (χ3v) is 9.26. The molecule has 1 aliphatic heterocycles. The Bertz CT molecular complexity index is 1920. The van der Waals surface area contributed by atoms with Crippen LogP contribution in [0.4, 0.5) is 5.69 Å². The van der Waals surface area contributed by atoms with Crippen LogP contribution in [0.5, 0.6) is 5.75 Å². The zero-order valence-corrected chi connectivity index (χ0v) is 32.0. The van der Waals surface area contributed by atoms with E-state index in [4.69, 9.17) is 14.9 Å². The van der Waals surface area contributed by atoms with E-state index >= 15 is 0 Å². The molecule has 0 radical (unpaired) electrons. The predicted octanol–water partition coefficient (Wildman–Crippen LogP) is 10.4. The zero-order valence-electron chi connectivity index (χ0n) is 31.2. The number of carbonyl (C=O) groups excluding carboxylic acids is 1. The van der Waals surface area contributed by atoms with Crippen molar-refractivity contribution in [1.29, 1.82) is 0 Å². The molecule has 2 N–H and O–H groups in total. The molecule has 0 unspecified atom stereocenters. The Morgan fingerprint density at radius 3 is 2.00 bits per heavy atom. The van der Waals surface area contributed by atoms with Gasteiger partial charge in [-0.3, -0.25) is 0 Å². The number of benzene rings is 5. The van der Waals surface area contributed by atoms with Gasteiger partial charge in [0.05, 0.1) is 17.8 Å². The number of rotatable bonds is 9. The summed E-state index contributed by atoms with van der Waals surface area (Å²) in [6.07, 6.45) is 7.81. The van der Waals surface area contributed by atoms with Gasteiger partial charge in [-0.05, 0) is 109 Å². The van der Waals surface area contributed by atoms with Crippen LogP contribution in [0.1, 0.15) is 65.3 Å². The molecule has 0 fully saturated rings. The summed E-state index contributed by atoms with van der Waals surface area (Å²) in [6, 6.07) is 34.0. The highest BCUT2D eigenvalue weighted by molar-refractivity contribution is 7.99. The van der Waals surface area contributed by atoms with Crippen LogP contribution >= 0.6 is 11.9 Å². The maximum Gasteiger partial charge on any atom is 0.124 e. The van der Waals surface area contributed by atoms with Crippen LogP contribution in [0, 0.1) is 20.8 Å². The minimum absolute atomic E-state index is 0.391. The second-order valence-corrected chi connectivity index (χ2v) is 14.4. The number of anilines is 1. The summed E-state index contributed by atoms with van der Waals surface area (Å²) in [5, 5.41) is 15.5. The first-order valence-electron chi connectivity index (χ1n) is 17.2. The van der Waals surface area contributed by atoms with E-state index in [-0.39, 0.29) is 0 Å². The number of carbonyl (C=O) groups is 1. The Morgan fingerprint density at radius 1 is 0.804 bits per heavy atom. The lowest BCUT2D eigenvalue weighted by atomic mass is 9.81. The molecular weight excluding hydrogens is 651 g/mol. The molecule has 5 aromatic carbocycles. The average Bonchev–Trinajstić information content (AvgIpc) is 3.13. The fourth-order valence-electron chi connectivity index (χ4n) is 6.19. The van der Waals surface area contributed by atoms with E-state index in [0.717, 1.165) is 53.5 Å². The Balaban J connectivity index is 0.000000768. The summed E-state index contributed by atoms with van der Waals surface area (Å²) in [7, 11) is 1.00. The maximum absolute atomic E-state index is 11.9. The zero-order chi connectivity index (χ0) is 37.1. The van der Waals surface area contributed by atoms with Gasteiger partial charge in [0.25, 0.3) is 0 Å². The number of ether oxygens (including phenoxy) is 1. The summed E-state index contributed by atoms with van der Waals surface area (Å²) in [4.78, 5) is 11.9. The first kappa shape index (κ1) is 39.2. The predicted molar refractivity (Wildman–Crippen MR) is 217 cm³/mol. The van der Waals surface area contributed by atoms with Gasteiger partial charge in [0.2, 0.25) is 0 Å². The number of aldehydes is 1. The van der Waals surface area contributed by atoms with Crippen LogP contribution in [0.25, 0.3) is 34.4 Å². The molecule has 5 nitrogen and oxygen atoms in total. The highest BCUT2D eigenvalue weighted by Gasteiger charge is 2.30. The van der Waals surface area contributed by atoms with Gasteiger partial charge in [-0.1, -0.05) is 115 Å². The van der Waals surface area contributed by atoms with Crippen molar-refractivity contribution in [3.63, 3.8) is 0 Å². The van der Waals surface area contributed by atoms with Gasteiger partial charge in [-0.25, -0.2) is 0 Å². The normalized spacial score (nSPS) is 11.8. The van der Waals surface area contributed by atoms with Gasteiger partial charge in [0, 0.05) is 25.3 Å². The molecule has 0 aliphatic carbocycles. The van der Waals surface area contributed by atoms with E-state index in [9.17, 15) is 4.79 Å². The van der Waals surface area contributed by atoms with E-state index < -0.39 is 5.60 Å². The lowest BCUT2D eigenvalue weighted by Gasteiger charge is -2.36. The van der Waals surface area contributed by atoms with Gasteiger partial charge >= 0.3 is 0 Å². The van der Waals surface area contributed by atoms with Crippen molar-refractivity contribution in [2.75, 3.05) is 17.7 Å². The molecule has 5 aromatic rings. The van der Waals surface area contributed by atoms with Gasteiger partial charge in [0.15, 0.2) is 0 Å². The van der Waals surface area contributed by atoms with E-state index in [1.165, 1.54) is 44.6 Å². The third-order valence-electron chi connectivity index (χ3n) is 8.51. The lowest BCUT2D eigenvalue weighted by molar-refractivity contribution is -0.107. The second kappa shape index (κ2) is 18.0. The van der Waals surface area contributed by atoms with Gasteiger partial charge in [-0.2, -0.15) is 0 Å². The molecule has 0 amide bonds. The van der Waals surface area contributed by atoms with Crippen LogP contribution < -0.4 is 9.04 Å². The molecule has 0 bridgehead atoms. The molecule has 0 saturated carbocycles. The molecule has 1 aliphatic rings. The first-order valence-corrected chi connectivity index (χ1v) is 18.4. The Labute approximate surface area is 308 Å². The number of aliphatic hydroxyl groups is 2. The monoisotopic (exact) mass is 701 g/mol. The first-order chi connectivity index (χ1) is 24.5. The van der Waals surface area contributed by atoms with Crippen molar-refractivity contribution >= 4 is 36.1 Å². The minimum atomic E-state index is -0.500. The molecule has 0 spiro atoms. The van der Waals surface area contributed by atoms with E-state index in [0.29, 0.717) is 13.0 Å². The minimum Gasteiger partial charge on any atom is -0.489 e. The summed E-state index contributed by atoms with van der Waals surface area (Å²) >= 11 is 1.73. The smallest absolute Gasteiger partial charge is 0.124 e. The van der Waals surface area contributed by atoms with E-state index in [1.807, 2.05) is 6.07 Å². The number of hydrogen-bond donors (Lipinski definition) is 2. The Morgan fingerprint density at radius 2 is 1.41 bits per heavy atom. The van der Waals surface area contributed by atoms with Crippen molar-refractivity contribution < 1.29 is 19.7 Å². The van der Waals surface area contributed by atoms with Crippen molar-refractivity contribution in [2.45, 2.75) is 66.7 Å². The molecule has 0 saturated heterocycles. The molecule has 0 atom stereocenters. The van der Waals surface area contributed by atoms with Crippen molar-refractivity contribution in [2.24, 2.45) is 0 Å². The Hall–Kier alpha value is -4.62. The number of aliphatic hydroxyl groups excluding tert-OH is 1. The standard InChI is InChI=1S/C40H37NO2S.C4H10O.CH4O/c1-27-10-18-33(19-11-27)38-29(3)39-37-24-35(21-20-34(37)25-41(44-4)40(39)28(2)36(38)22-23-42)43-26-32-16-14-31(15-17-32)13-12-30-8-6-5-7-9-30;1-4(2,3)5;1-2/h5-21,23-24H,22,25-26H2,1-4H3;5H,1-3H3;2H,1H3/b13-12+;;. The highest BCUT2D eigenvalue weighted by Crippen LogP contribution is 2.50. The molecule has 266 valence electrons. The lowest BCUT2D eigenvalue weighted by Crippen LogP contribution is -2.22.